The van der Waals surface area contributed by atoms with E-state index >= 15 is 0 Å². The second-order valence-electron chi connectivity index (χ2n) is 16.7. The Morgan fingerprint density at radius 1 is 0.349 bits per heavy atom. The van der Waals surface area contributed by atoms with Crippen LogP contribution in [-0.2, 0) is 16.0 Å². The summed E-state index contributed by atoms with van der Waals surface area (Å²) < 4.78 is 124. The number of rotatable bonds is 6. The molecule has 0 radical (unpaired) electrons. The molecule has 86 heavy (non-hydrogen) atoms. The van der Waals surface area contributed by atoms with Crippen LogP contribution in [0.5, 0.6) is 0 Å². The summed E-state index contributed by atoms with van der Waals surface area (Å²) in [5.74, 6) is -5.41. The molecule has 3 nitrogen and oxygen atoms in total. The highest BCUT2D eigenvalue weighted by Gasteiger charge is 2.30. The van der Waals surface area contributed by atoms with Gasteiger partial charge in [-0.15, -0.1) is 0 Å². The summed E-state index contributed by atoms with van der Waals surface area (Å²) in [5, 5.41) is 8.65. The fourth-order valence-corrected chi connectivity index (χ4v) is 7.92. The van der Waals surface area contributed by atoms with E-state index in [2.05, 4.69) is 18.2 Å². The number of aryl methyl sites for hydroxylation is 1. The smallest absolute Gasteiger partial charge is 0.224 e. The number of hydrogen-bond donors (Lipinski definition) is 0. The van der Waals surface area contributed by atoms with Gasteiger partial charge >= 0.3 is 6.18 Å². The molecule has 0 fully saturated rings. The van der Waals surface area contributed by atoms with E-state index in [-0.39, 0.29) is 0 Å². The Labute approximate surface area is 505 Å². The van der Waals surface area contributed by atoms with Gasteiger partial charge in [0, 0.05) is 6.26 Å². The SMILES string of the molecule is CC.CC.CC.CC.CC.CS(=O)(=O)c1ccc(-c2ccccc2)cc1.Cc1ccccc1-c1ccc(C(F)(F)F)cc1.Fc1cc(-c2ccccc2)cc(F)c1F.Fc1ccc(-c2ccccc2)cc1F.N#Cc1ccc(-c2ccccc2)cc1. The van der Waals surface area contributed by atoms with Crippen molar-refractivity contribution in [3.63, 3.8) is 0 Å². The van der Waals surface area contributed by atoms with Crippen LogP contribution in [0.25, 0.3) is 55.6 Å². The monoisotopic (exact) mass is 1200 g/mol. The first-order valence-electron chi connectivity index (χ1n) is 28.3. The van der Waals surface area contributed by atoms with Gasteiger partial charge in [0.15, 0.2) is 38.9 Å². The number of hydrogen-bond acceptors (Lipinski definition) is 3. The van der Waals surface area contributed by atoms with Gasteiger partial charge in [0.05, 0.1) is 22.1 Å². The summed E-state index contributed by atoms with van der Waals surface area (Å²) in [5.41, 5.74) is 9.86. The molecule has 0 saturated heterocycles. The zero-order chi connectivity index (χ0) is 64.7. The van der Waals surface area contributed by atoms with Gasteiger partial charge in [0.25, 0.3) is 0 Å². The lowest BCUT2D eigenvalue weighted by atomic mass is 9.99. The number of halogens is 8. The first-order valence-corrected chi connectivity index (χ1v) is 30.1. The van der Waals surface area contributed by atoms with E-state index in [0.717, 1.165) is 69.3 Å². The summed E-state index contributed by atoms with van der Waals surface area (Å²) in [6, 6.07) is 73.3. The molecule has 0 aliphatic rings. The minimum Gasteiger partial charge on any atom is -0.224 e. The van der Waals surface area contributed by atoms with Crippen molar-refractivity contribution in [2.45, 2.75) is 87.2 Å². The third kappa shape index (κ3) is 25.5. The summed E-state index contributed by atoms with van der Waals surface area (Å²) in [6.45, 7) is 21.9. The first-order chi connectivity index (χ1) is 41.4. The Morgan fingerprint density at radius 2 is 0.663 bits per heavy atom. The van der Waals surface area contributed by atoms with Crippen molar-refractivity contribution in [1.29, 1.82) is 5.26 Å². The number of nitrogens with zero attached hydrogens (tertiary/aromatic N) is 1. The van der Waals surface area contributed by atoms with E-state index in [1.54, 1.807) is 48.5 Å². The second kappa shape index (κ2) is 41.2. The van der Waals surface area contributed by atoms with Crippen molar-refractivity contribution in [1.82, 2.24) is 0 Å². The highest BCUT2D eigenvalue weighted by Crippen LogP contribution is 2.32. The topological polar surface area (TPSA) is 57.9 Å². The molecule has 0 aromatic heterocycles. The Morgan fingerprint density at radius 3 is 1.02 bits per heavy atom. The van der Waals surface area contributed by atoms with Crippen LogP contribution in [0.1, 0.15) is 85.9 Å². The quantitative estimate of drug-likeness (QED) is 0.123. The van der Waals surface area contributed by atoms with Gasteiger partial charge in [0.2, 0.25) is 0 Å². The molecule has 452 valence electrons. The minimum atomic E-state index is -4.27. The third-order valence-corrected chi connectivity index (χ3v) is 12.4. The molecule has 0 saturated carbocycles. The van der Waals surface area contributed by atoms with Crippen LogP contribution in [0.2, 0.25) is 0 Å². The van der Waals surface area contributed by atoms with Crippen molar-refractivity contribution in [3.8, 4) is 61.7 Å². The van der Waals surface area contributed by atoms with Crippen molar-refractivity contribution < 1.29 is 43.5 Å². The Kier molecular flexibility index (Phi) is 35.9. The zero-order valence-corrected chi connectivity index (χ0v) is 51.7. The van der Waals surface area contributed by atoms with E-state index < -0.39 is 50.7 Å². The number of alkyl halides is 3. The van der Waals surface area contributed by atoms with Gasteiger partial charge < -0.3 is 0 Å². The summed E-state index contributed by atoms with van der Waals surface area (Å²) in [4.78, 5) is 0.354. The fraction of sp³-hybridized carbons (Fsp3) is 0.176. The second-order valence-corrected chi connectivity index (χ2v) is 18.7. The van der Waals surface area contributed by atoms with Crippen LogP contribution in [0.3, 0.4) is 0 Å². The molecule has 0 amide bonds. The molecule has 0 heterocycles. The van der Waals surface area contributed by atoms with Crippen molar-refractivity contribution in [3.05, 3.63) is 294 Å². The molecule has 0 aliphatic heterocycles. The maximum atomic E-state index is 12.9. The average molecular weight is 1200 g/mol. The zero-order valence-electron chi connectivity index (χ0n) is 50.9. The van der Waals surface area contributed by atoms with E-state index in [9.17, 15) is 43.5 Å². The Hall–Kier alpha value is -8.92. The van der Waals surface area contributed by atoms with Gasteiger partial charge in [-0.1, -0.05) is 257 Å². The molecule has 10 rings (SSSR count). The van der Waals surface area contributed by atoms with E-state index in [4.69, 9.17) is 5.26 Å². The van der Waals surface area contributed by atoms with Crippen molar-refractivity contribution >= 4 is 9.84 Å². The summed E-state index contributed by atoms with van der Waals surface area (Å²) in [6.07, 6.45) is -3.06. The van der Waals surface area contributed by atoms with Gasteiger partial charge in [-0.25, -0.2) is 30.4 Å². The lowest BCUT2D eigenvalue weighted by molar-refractivity contribution is -0.137. The standard InChI is InChI=1S/C14H11F3.C13H9N.C13H12O2S.C12H7F3.C12H8F2.5C2H6/c1-10-4-2-3-5-13(10)11-6-8-12(9-7-11)14(15,16)17;14-10-11-6-8-13(9-7-11)12-4-2-1-3-5-12;1-16(14,15)13-9-7-12(8-10-13)11-5-3-2-4-6-11;13-10-6-9(7-11(14)12(10)15)8-4-2-1-3-5-8;13-11-7-6-10(8-12(11)14)9-4-2-1-3-5-9;5*1-2/h2-9H,1H3;1-9H;2-10H,1H3;1-7H;1-8H;5*1-2H3. The highest BCUT2D eigenvalue weighted by molar-refractivity contribution is 7.90. The lowest BCUT2D eigenvalue weighted by Crippen LogP contribution is -2.04. The number of nitriles is 1. The number of benzene rings is 10. The molecular formula is C74H77F8NO2S. The largest absolute Gasteiger partial charge is 0.416 e. The molecule has 0 unspecified atom stereocenters. The maximum Gasteiger partial charge on any atom is 0.416 e. The average Bonchev–Trinajstić information content (AvgIpc) is 2.91. The van der Waals surface area contributed by atoms with Gasteiger partial charge in [0.1, 0.15) is 0 Å². The van der Waals surface area contributed by atoms with E-state index in [1.165, 1.54) is 30.0 Å². The van der Waals surface area contributed by atoms with Crippen LogP contribution >= 0.6 is 0 Å². The highest BCUT2D eigenvalue weighted by atomic mass is 32.2. The fourth-order valence-electron chi connectivity index (χ4n) is 7.29. The van der Waals surface area contributed by atoms with Gasteiger partial charge in [-0.2, -0.15) is 18.4 Å². The van der Waals surface area contributed by atoms with Crippen LogP contribution in [0.15, 0.2) is 254 Å². The van der Waals surface area contributed by atoms with Crippen LogP contribution < -0.4 is 0 Å². The molecule has 0 N–H and O–H groups in total. The van der Waals surface area contributed by atoms with Gasteiger partial charge in [-0.05, 0) is 129 Å². The molecule has 0 spiro atoms. The minimum absolute atomic E-state index is 0.326. The van der Waals surface area contributed by atoms with Crippen LogP contribution in [-0.4, -0.2) is 14.7 Å². The van der Waals surface area contributed by atoms with Crippen LogP contribution in [0, 0.1) is 47.3 Å². The maximum absolute atomic E-state index is 12.9. The Bertz CT molecular complexity index is 3550. The molecular weight excluding hydrogens is 1120 g/mol. The molecule has 12 heteroatoms. The summed E-state index contributed by atoms with van der Waals surface area (Å²) in [7, 11) is -3.10. The molecule has 10 aromatic rings. The van der Waals surface area contributed by atoms with E-state index in [0.29, 0.717) is 27.1 Å². The first kappa shape index (κ1) is 75.1. The third-order valence-electron chi connectivity index (χ3n) is 11.3. The number of sulfone groups is 1. The molecule has 0 atom stereocenters. The normalized spacial score (nSPS) is 9.71. The predicted octanol–water partition coefficient (Wildman–Crippen LogP) is 23.2. The molecule has 0 aliphatic carbocycles. The van der Waals surface area contributed by atoms with Crippen molar-refractivity contribution in [2.24, 2.45) is 0 Å². The molecule has 10 aromatic carbocycles. The lowest BCUT2D eigenvalue weighted by Gasteiger charge is -2.09. The Balaban J connectivity index is 0.000000518. The predicted molar refractivity (Wildman–Crippen MR) is 343 cm³/mol. The van der Waals surface area contributed by atoms with Crippen molar-refractivity contribution in [2.75, 3.05) is 6.26 Å². The van der Waals surface area contributed by atoms with E-state index in [1.807, 2.05) is 216 Å². The van der Waals surface area contributed by atoms with Gasteiger partial charge in [-0.3, -0.25) is 0 Å². The summed E-state index contributed by atoms with van der Waals surface area (Å²) >= 11 is 0. The van der Waals surface area contributed by atoms with Crippen LogP contribution in [0.4, 0.5) is 35.1 Å². The molecule has 0 bridgehead atoms.